The maximum Gasteiger partial charge on any atom is 1.00 e. The predicted molar refractivity (Wildman–Crippen MR) is 95.5 cm³/mol. The van der Waals surface area contributed by atoms with Crippen LogP contribution in [0.4, 0.5) is 0 Å². The van der Waals surface area contributed by atoms with E-state index in [0.717, 1.165) is 51.4 Å². The van der Waals surface area contributed by atoms with Crippen LogP contribution in [0.3, 0.4) is 0 Å². The minimum atomic E-state index is -4.17. The van der Waals surface area contributed by atoms with E-state index in [1.165, 1.54) is 25.7 Å². The molecule has 0 aromatic rings. The summed E-state index contributed by atoms with van der Waals surface area (Å²) in [7, 11) is -4.17. The summed E-state index contributed by atoms with van der Waals surface area (Å²) >= 11 is 0. The molecular weight excluding hydrogens is 351 g/mol. The molecule has 6 heteroatoms. The van der Waals surface area contributed by atoms with Crippen molar-refractivity contribution >= 4 is 10.1 Å². The molecule has 0 heterocycles. The van der Waals surface area contributed by atoms with E-state index in [-0.39, 0.29) is 57.5 Å². The van der Waals surface area contributed by atoms with Crippen LogP contribution in [0.2, 0.25) is 0 Å². The number of hydrogen-bond donors (Lipinski definition) is 1. The summed E-state index contributed by atoms with van der Waals surface area (Å²) in [5.41, 5.74) is 0. The minimum absolute atomic E-state index is 0. The van der Waals surface area contributed by atoms with Crippen LogP contribution in [0, 0.1) is 0 Å². The number of hydrogen-bond acceptors (Lipinski definition) is 4. The van der Waals surface area contributed by atoms with Crippen LogP contribution in [0.15, 0.2) is 0 Å². The van der Waals surface area contributed by atoms with Gasteiger partial charge >= 0.3 is 51.4 Å². The molecule has 140 valence electrons. The van der Waals surface area contributed by atoms with Gasteiger partial charge in [-0.15, -0.1) is 0 Å². The van der Waals surface area contributed by atoms with Crippen molar-refractivity contribution in [1.29, 1.82) is 0 Å². The first-order chi connectivity index (χ1) is 10.9. The third-order valence-electron chi connectivity index (χ3n) is 4.57. The summed E-state index contributed by atoms with van der Waals surface area (Å²) in [5, 5.41) is 8.76. The Bertz CT molecular complexity index is 360. The summed E-state index contributed by atoms with van der Waals surface area (Å²) in [6.45, 7) is 4.14. The second kappa shape index (κ2) is 17.9. The van der Waals surface area contributed by atoms with Crippen molar-refractivity contribution in [3.8, 4) is 0 Å². The maximum absolute atomic E-state index is 11.4. The van der Waals surface area contributed by atoms with Gasteiger partial charge in [0.25, 0.3) is 0 Å². The Morgan fingerprint density at radius 1 is 0.792 bits per heavy atom. The van der Waals surface area contributed by atoms with Gasteiger partial charge in [0.2, 0.25) is 0 Å². The van der Waals surface area contributed by atoms with Gasteiger partial charge in [-0.2, -0.15) is 0 Å². The Morgan fingerprint density at radius 2 is 1.21 bits per heavy atom. The van der Waals surface area contributed by atoms with Crippen molar-refractivity contribution in [2.45, 2.75) is 115 Å². The van der Waals surface area contributed by atoms with Crippen molar-refractivity contribution in [1.82, 2.24) is 0 Å². The van der Waals surface area contributed by atoms with Gasteiger partial charge in [0.15, 0.2) is 0 Å². The molecule has 0 aromatic heterocycles. The van der Waals surface area contributed by atoms with Gasteiger partial charge < -0.3 is 9.66 Å². The van der Waals surface area contributed by atoms with Crippen LogP contribution in [0.5, 0.6) is 0 Å². The second-order valence-corrected chi connectivity index (χ2v) is 8.38. The molecule has 0 aromatic carbocycles. The summed E-state index contributed by atoms with van der Waals surface area (Å²) in [5.74, 6) is 0. The molecule has 2 unspecified atom stereocenters. The Morgan fingerprint density at radius 3 is 1.67 bits per heavy atom. The molecule has 0 spiro atoms. The van der Waals surface area contributed by atoms with Gasteiger partial charge in [-0.1, -0.05) is 78.1 Å². The fourth-order valence-electron chi connectivity index (χ4n) is 2.89. The summed E-state index contributed by atoms with van der Waals surface area (Å²) in [6, 6.07) is 0. The first-order valence-corrected chi connectivity index (χ1v) is 11.0. The summed E-state index contributed by atoms with van der Waals surface area (Å²) in [6.07, 6.45) is 12.8. The molecule has 0 aliphatic carbocycles. The number of aliphatic hydroxyl groups is 1. The van der Waals surface area contributed by atoms with Crippen LogP contribution >= 0.6 is 0 Å². The molecule has 1 N–H and O–H groups in total. The zero-order chi connectivity index (χ0) is 17.6. The van der Waals surface area contributed by atoms with Crippen LogP contribution in [0.1, 0.15) is 104 Å². The van der Waals surface area contributed by atoms with Gasteiger partial charge in [0, 0.05) is 5.25 Å². The Hall–Kier alpha value is 1.51. The number of rotatable bonds is 16. The Balaban J connectivity index is 0. The van der Waals surface area contributed by atoms with Gasteiger partial charge in [-0.3, -0.25) is 0 Å². The van der Waals surface area contributed by atoms with Gasteiger partial charge in [0.05, 0.1) is 16.2 Å². The average Bonchev–Trinajstić information content (AvgIpc) is 2.50. The van der Waals surface area contributed by atoms with Gasteiger partial charge in [0.1, 0.15) is 0 Å². The van der Waals surface area contributed by atoms with Crippen molar-refractivity contribution in [3.05, 3.63) is 0 Å². The molecule has 0 radical (unpaired) electrons. The first kappa shape index (κ1) is 27.7. The molecule has 0 bridgehead atoms. The van der Waals surface area contributed by atoms with E-state index in [9.17, 15) is 18.1 Å². The fourth-order valence-corrected chi connectivity index (χ4v) is 3.81. The SMILES string of the molecule is CCCCCCCCCC(CCCCCC(O)CC)S(=O)(=O)[O-].[K+]. The molecule has 0 aliphatic rings. The van der Waals surface area contributed by atoms with Crippen molar-refractivity contribution in [2.24, 2.45) is 0 Å². The predicted octanol–water partition coefficient (Wildman–Crippen LogP) is 1.77. The van der Waals surface area contributed by atoms with E-state index < -0.39 is 15.4 Å². The van der Waals surface area contributed by atoms with E-state index in [1.807, 2.05) is 6.92 Å². The largest absolute Gasteiger partial charge is 1.00 e. The maximum atomic E-state index is 11.4. The second-order valence-electron chi connectivity index (χ2n) is 6.72. The first-order valence-electron chi connectivity index (χ1n) is 9.54. The van der Waals surface area contributed by atoms with Gasteiger partial charge in [-0.05, 0) is 25.7 Å². The molecule has 0 fully saturated rings. The van der Waals surface area contributed by atoms with E-state index in [2.05, 4.69) is 6.92 Å². The topological polar surface area (TPSA) is 77.4 Å². The van der Waals surface area contributed by atoms with Crippen LogP contribution in [0.25, 0.3) is 0 Å². The number of unbranched alkanes of at least 4 members (excludes halogenated alkanes) is 8. The number of aliphatic hydroxyl groups excluding tert-OH is 1. The van der Waals surface area contributed by atoms with Crippen LogP contribution < -0.4 is 51.4 Å². The molecule has 0 amide bonds. The molecule has 0 saturated heterocycles. The minimum Gasteiger partial charge on any atom is -0.748 e. The summed E-state index contributed by atoms with van der Waals surface area (Å²) < 4.78 is 34.1. The average molecular weight is 389 g/mol. The molecule has 0 saturated carbocycles. The molecule has 2 atom stereocenters. The Labute approximate surface area is 192 Å². The normalized spacial score (nSPS) is 14.2. The van der Waals surface area contributed by atoms with E-state index >= 15 is 0 Å². The zero-order valence-corrected chi connectivity index (χ0v) is 20.1. The van der Waals surface area contributed by atoms with Gasteiger partial charge in [-0.25, -0.2) is 8.42 Å². The van der Waals surface area contributed by atoms with Crippen molar-refractivity contribution in [3.63, 3.8) is 0 Å². The fraction of sp³-hybridized carbons (Fsp3) is 1.00. The molecule has 0 rings (SSSR count). The molecule has 0 aliphatic heterocycles. The molecular formula is C18H37KO4S. The Kier molecular flexibility index (Phi) is 20.7. The van der Waals surface area contributed by atoms with Crippen LogP contribution in [-0.2, 0) is 10.1 Å². The van der Waals surface area contributed by atoms with Crippen LogP contribution in [-0.4, -0.2) is 29.4 Å². The van der Waals surface area contributed by atoms with E-state index in [1.54, 1.807) is 0 Å². The quantitative estimate of drug-likeness (QED) is 0.248. The van der Waals surface area contributed by atoms with Crippen molar-refractivity contribution < 1.29 is 69.5 Å². The monoisotopic (exact) mass is 388 g/mol. The smallest absolute Gasteiger partial charge is 0.748 e. The van der Waals surface area contributed by atoms with E-state index in [4.69, 9.17) is 0 Å². The molecule has 4 nitrogen and oxygen atoms in total. The third kappa shape index (κ3) is 16.9. The van der Waals surface area contributed by atoms with Crippen molar-refractivity contribution in [2.75, 3.05) is 0 Å². The zero-order valence-electron chi connectivity index (χ0n) is 16.1. The summed E-state index contributed by atoms with van der Waals surface area (Å²) in [4.78, 5) is 0. The third-order valence-corrected chi connectivity index (χ3v) is 5.86. The van der Waals surface area contributed by atoms with E-state index in [0.29, 0.717) is 12.8 Å². The molecule has 24 heavy (non-hydrogen) atoms. The standard InChI is InChI=1S/C18H38O4S.K/c1-3-5-6-7-8-9-12-15-18(23(20,21)22)16-13-10-11-14-17(19)4-2;/h17-19H,3-16H2,1-2H3,(H,20,21,22);/q;+1/p-1.